The van der Waals surface area contributed by atoms with Crippen LogP contribution >= 0.6 is 11.6 Å². The maximum atomic E-state index is 11.5. The summed E-state index contributed by atoms with van der Waals surface area (Å²) in [6.07, 6.45) is 0. The van der Waals surface area contributed by atoms with E-state index in [1.54, 1.807) is 13.8 Å². The van der Waals surface area contributed by atoms with Crippen LogP contribution in [0, 0.1) is 0 Å². The van der Waals surface area contributed by atoms with E-state index in [0.29, 0.717) is 11.6 Å². The van der Waals surface area contributed by atoms with Crippen molar-refractivity contribution in [3.63, 3.8) is 0 Å². The highest BCUT2D eigenvalue weighted by Gasteiger charge is 2.18. The van der Waals surface area contributed by atoms with E-state index in [0.717, 1.165) is 5.56 Å². The fourth-order valence-corrected chi connectivity index (χ4v) is 1.93. The summed E-state index contributed by atoms with van der Waals surface area (Å²) in [7, 11) is 0. The van der Waals surface area contributed by atoms with Crippen molar-refractivity contribution in [1.82, 2.24) is 5.32 Å². The first kappa shape index (κ1) is 14.0. The van der Waals surface area contributed by atoms with E-state index in [4.69, 9.17) is 16.3 Å². The third-order valence-electron chi connectivity index (χ3n) is 2.51. The molecular formula is C13H18ClNO2. The normalized spacial score (nSPS) is 14.1. The van der Waals surface area contributed by atoms with Crippen molar-refractivity contribution in [2.24, 2.45) is 0 Å². The second-order valence-corrected chi connectivity index (χ2v) is 4.29. The predicted octanol–water partition coefficient (Wildman–Crippen LogP) is 2.94. The molecule has 4 heteroatoms. The molecule has 3 nitrogen and oxygen atoms in total. The lowest BCUT2D eigenvalue weighted by molar-refractivity contribution is -0.145. The molecule has 0 aliphatic rings. The SMILES string of the molecule is CCOC(=O)C(C)NC(C)c1ccccc1Cl. The summed E-state index contributed by atoms with van der Waals surface area (Å²) >= 11 is 6.09. The van der Waals surface area contributed by atoms with Gasteiger partial charge in [-0.05, 0) is 32.4 Å². The lowest BCUT2D eigenvalue weighted by Gasteiger charge is -2.19. The van der Waals surface area contributed by atoms with E-state index >= 15 is 0 Å². The highest BCUT2D eigenvalue weighted by atomic mass is 35.5. The van der Waals surface area contributed by atoms with Crippen molar-refractivity contribution in [2.45, 2.75) is 32.9 Å². The predicted molar refractivity (Wildman–Crippen MR) is 69.1 cm³/mol. The Morgan fingerprint density at radius 1 is 1.41 bits per heavy atom. The minimum absolute atomic E-state index is 0.00288. The largest absolute Gasteiger partial charge is 0.465 e. The number of benzene rings is 1. The number of rotatable bonds is 5. The van der Waals surface area contributed by atoms with E-state index in [9.17, 15) is 4.79 Å². The molecule has 1 aromatic carbocycles. The molecule has 0 heterocycles. The van der Waals surface area contributed by atoms with Gasteiger partial charge >= 0.3 is 5.97 Å². The summed E-state index contributed by atoms with van der Waals surface area (Å²) in [4.78, 5) is 11.5. The van der Waals surface area contributed by atoms with Crippen LogP contribution in [0.3, 0.4) is 0 Å². The number of nitrogens with one attached hydrogen (secondary N) is 1. The van der Waals surface area contributed by atoms with Crippen molar-refractivity contribution in [3.05, 3.63) is 34.9 Å². The zero-order valence-electron chi connectivity index (χ0n) is 10.4. The highest BCUT2D eigenvalue weighted by molar-refractivity contribution is 6.31. The van der Waals surface area contributed by atoms with Crippen LogP contribution in [0.25, 0.3) is 0 Å². The Balaban J connectivity index is 2.63. The monoisotopic (exact) mass is 255 g/mol. The zero-order valence-corrected chi connectivity index (χ0v) is 11.1. The van der Waals surface area contributed by atoms with Crippen LogP contribution in [-0.2, 0) is 9.53 Å². The van der Waals surface area contributed by atoms with Gasteiger partial charge in [-0.25, -0.2) is 0 Å². The molecule has 2 unspecified atom stereocenters. The van der Waals surface area contributed by atoms with Gasteiger partial charge in [-0.3, -0.25) is 10.1 Å². The van der Waals surface area contributed by atoms with Gasteiger partial charge in [0.15, 0.2) is 0 Å². The van der Waals surface area contributed by atoms with E-state index in [1.165, 1.54) is 0 Å². The van der Waals surface area contributed by atoms with Gasteiger partial charge in [0, 0.05) is 11.1 Å². The van der Waals surface area contributed by atoms with E-state index in [1.807, 2.05) is 31.2 Å². The van der Waals surface area contributed by atoms with Gasteiger partial charge in [0.05, 0.1) is 6.61 Å². The van der Waals surface area contributed by atoms with Gasteiger partial charge in [0.2, 0.25) is 0 Å². The molecule has 1 rings (SSSR count). The number of hydrogen-bond acceptors (Lipinski definition) is 3. The molecule has 0 radical (unpaired) electrons. The summed E-state index contributed by atoms with van der Waals surface area (Å²) in [5.74, 6) is -0.244. The Morgan fingerprint density at radius 3 is 2.65 bits per heavy atom. The molecule has 0 fully saturated rings. The Kier molecular flexibility index (Phi) is 5.45. The van der Waals surface area contributed by atoms with Crippen molar-refractivity contribution < 1.29 is 9.53 Å². The molecule has 2 atom stereocenters. The van der Waals surface area contributed by atoms with Crippen molar-refractivity contribution in [2.75, 3.05) is 6.61 Å². The molecule has 0 saturated carbocycles. The lowest BCUT2D eigenvalue weighted by atomic mass is 10.1. The molecule has 1 aromatic rings. The third kappa shape index (κ3) is 4.02. The summed E-state index contributed by atoms with van der Waals surface area (Å²) in [5.41, 5.74) is 0.977. The maximum Gasteiger partial charge on any atom is 0.322 e. The first-order valence-electron chi connectivity index (χ1n) is 5.73. The molecule has 0 saturated heterocycles. The van der Waals surface area contributed by atoms with Crippen LogP contribution in [0.2, 0.25) is 5.02 Å². The number of esters is 1. The zero-order chi connectivity index (χ0) is 12.8. The topological polar surface area (TPSA) is 38.3 Å². The second kappa shape index (κ2) is 6.62. The minimum Gasteiger partial charge on any atom is -0.465 e. The Morgan fingerprint density at radius 2 is 2.06 bits per heavy atom. The summed E-state index contributed by atoms with van der Waals surface area (Å²) in [6, 6.07) is 7.24. The van der Waals surface area contributed by atoms with Crippen LogP contribution in [-0.4, -0.2) is 18.6 Å². The van der Waals surface area contributed by atoms with E-state index in [-0.39, 0.29) is 18.1 Å². The second-order valence-electron chi connectivity index (χ2n) is 3.88. The smallest absolute Gasteiger partial charge is 0.322 e. The van der Waals surface area contributed by atoms with E-state index < -0.39 is 0 Å². The average molecular weight is 256 g/mol. The first-order chi connectivity index (χ1) is 8.06. The fourth-order valence-electron chi connectivity index (χ4n) is 1.63. The molecule has 0 aliphatic heterocycles. The van der Waals surface area contributed by atoms with Crippen molar-refractivity contribution in [1.29, 1.82) is 0 Å². The number of hydrogen-bond donors (Lipinski definition) is 1. The van der Waals surface area contributed by atoms with Crippen LogP contribution in [0.4, 0.5) is 0 Å². The molecule has 0 aliphatic carbocycles. The highest BCUT2D eigenvalue weighted by Crippen LogP contribution is 2.22. The molecule has 1 N–H and O–H groups in total. The standard InChI is InChI=1S/C13H18ClNO2/c1-4-17-13(16)10(3)15-9(2)11-7-5-6-8-12(11)14/h5-10,15H,4H2,1-3H3. The van der Waals surface area contributed by atoms with Crippen LogP contribution < -0.4 is 5.32 Å². The average Bonchev–Trinajstić information content (AvgIpc) is 2.29. The Labute approximate surface area is 107 Å². The maximum absolute atomic E-state index is 11.5. The quantitative estimate of drug-likeness (QED) is 0.822. The van der Waals surface area contributed by atoms with E-state index in [2.05, 4.69) is 5.32 Å². The summed E-state index contributed by atoms with van der Waals surface area (Å²) < 4.78 is 4.94. The molecule has 17 heavy (non-hydrogen) atoms. The number of carbonyl (C=O) groups is 1. The van der Waals surface area contributed by atoms with Gasteiger partial charge in [0.25, 0.3) is 0 Å². The van der Waals surface area contributed by atoms with Gasteiger partial charge in [-0.15, -0.1) is 0 Å². The van der Waals surface area contributed by atoms with Crippen molar-refractivity contribution in [3.8, 4) is 0 Å². The van der Waals surface area contributed by atoms with Gasteiger partial charge in [-0.2, -0.15) is 0 Å². The Bertz CT molecular complexity index is 381. The Hall–Kier alpha value is -1.06. The molecule has 0 spiro atoms. The number of carbonyl (C=O) groups excluding carboxylic acids is 1. The molecule has 0 aromatic heterocycles. The summed E-state index contributed by atoms with van der Waals surface area (Å²) in [6.45, 7) is 5.94. The van der Waals surface area contributed by atoms with Crippen LogP contribution in [0.5, 0.6) is 0 Å². The molecule has 0 amide bonds. The lowest BCUT2D eigenvalue weighted by Crippen LogP contribution is -2.37. The third-order valence-corrected chi connectivity index (χ3v) is 2.86. The fraction of sp³-hybridized carbons (Fsp3) is 0.462. The van der Waals surface area contributed by atoms with Gasteiger partial charge in [0.1, 0.15) is 6.04 Å². The molecule has 0 bridgehead atoms. The van der Waals surface area contributed by atoms with Crippen LogP contribution in [0.15, 0.2) is 24.3 Å². The summed E-state index contributed by atoms with van der Waals surface area (Å²) in [5, 5.41) is 3.86. The molecular weight excluding hydrogens is 238 g/mol. The van der Waals surface area contributed by atoms with Crippen LogP contribution in [0.1, 0.15) is 32.4 Å². The molecule has 94 valence electrons. The van der Waals surface area contributed by atoms with Gasteiger partial charge in [-0.1, -0.05) is 29.8 Å². The first-order valence-corrected chi connectivity index (χ1v) is 6.11. The van der Waals surface area contributed by atoms with Gasteiger partial charge < -0.3 is 4.74 Å². The number of ether oxygens (including phenoxy) is 1. The number of halogens is 1. The minimum atomic E-state index is -0.346. The van der Waals surface area contributed by atoms with Crippen molar-refractivity contribution >= 4 is 17.6 Å².